The van der Waals surface area contributed by atoms with Crippen molar-refractivity contribution in [1.29, 1.82) is 0 Å². The number of carbonyl (C=O) groups is 2. The fourth-order valence-corrected chi connectivity index (χ4v) is 2.42. The number of para-hydroxylation sites is 1. The molecule has 1 amide bonds. The topological polar surface area (TPSA) is 64.0 Å². The van der Waals surface area contributed by atoms with Gasteiger partial charge in [-0.25, -0.2) is 0 Å². The van der Waals surface area contributed by atoms with Crippen LogP contribution in [-0.4, -0.2) is 21.4 Å². The van der Waals surface area contributed by atoms with Gasteiger partial charge in [0.15, 0.2) is 0 Å². The van der Waals surface area contributed by atoms with Crippen LogP contribution in [0.1, 0.15) is 23.3 Å². The van der Waals surface area contributed by atoms with Gasteiger partial charge in [-0.2, -0.15) is 0 Å². The molecular weight excluding hydrogens is 290 g/mol. The van der Waals surface area contributed by atoms with Crippen molar-refractivity contribution in [2.75, 3.05) is 0 Å². The highest BCUT2D eigenvalue weighted by Gasteiger charge is 2.11. The molecule has 1 N–H and O–H groups in total. The molecule has 0 unspecified atom stereocenters. The van der Waals surface area contributed by atoms with Crippen molar-refractivity contribution in [3.8, 4) is 0 Å². The van der Waals surface area contributed by atoms with E-state index in [2.05, 4.69) is 10.3 Å². The van der Waals surface area contributed by atoms with E-state index in [9.17, 15) is 9.59 Å². The Morgan fingerprint density at radius 2 is 1.83 bits per heavy atom. The van der Waals surface area contributed by atoms with Crippen molar-refractivity contribution in [2.24, 2.45) is 0 Å². The van der Waals surface area contributed by atoms with E-state index in [1.165, 1.54) is 0 Å². The van der Waals surface area contributed by atoms with Crippen LogP contribution in [0.2, 0.25) is 0 Å². The molecule has 3 rings (SSSR count). The summed E-state index contributed by atoms with van der Waals surface area (Å²) >= 11 is 0. The number of hydrogen-bond donors (Lipinski definition) is 1. The van der Waals surface area contributed by atoms with Gasteiger partial charge in [0.1, 0.15) is 0 Å². The minimum Gasteiger partial charge on any atom is -0.350 e. The number of benzene rings is 1. The van der Waals surface area contributed by atoms with Gasteiger partial charge in [-0.15, -0.1) is 0 Å². The molecule has 2 heterocycles. The Morgan fingerprint density at radius 3 is 2.65 bits per heavy atom. The molecule has 0 bridgehead atoms. The number of pyridine rings is 1. The summed E-state index contributed by atoms with van der Waals surface area (Å²) in [5.74, 6) is -0.236. The molecule has 5 heteroatoms. The Morgan fingerprint density at radius 1 is 1.00 bits per heavy atom. The first-order valence-electron chi connectivity index (χ1n) is 7.50. The van der Waals surface area contributed by atoms with Gasteiger partial charge >= 0.3 is 0 Å². The van der Waals surface area contributed by atoms with Gasteiger partial charge in [-0.05, 0) is 24.3 Å². The number of fused-ring (bicyclic) bond motifs is 1. The second-order valence-electron chi connectivity index (χ2n) is 5.24. The Bertz CT molecular complexity index is 824. The number of amides is 1. The number of aromatic nitrogens is 2. The van der Waals surface area contributed by atoms with Crippen LogP contribution >= 0.6 is 0 Å². The van der Waals surface area contributed by atoms with Crippen LogP contribution in [0, 0.1) is 0 Å². The lowest BCUT2D eigenvalue weighted by molar-refractivity contribution is -0.121. The first-order valence-corrected chi connectivity index (χ1v) is 7.50. The Balaban J connectivity index is 1.53. The normalized spacial score (nSPS) is 10.6. The number of nitrogens with zero attached hydrogens (tertiary/aromatic N) is 2. The van der Waals surface area contributed by atoms with Gasteiger partial charge in [0.25, 0.3) is 0 Å². The number of hydrogen-bond acceptors (Lipinski definition) is 3. The van der Waals surface area contributed by atoms with Crippen LogP contribution in [0.3, 0.4) is 0 Å². The van der Waals surface area contributed by atoms with E-state index in [0.717, 1.165) is 16.6 Å². The average molecular weight is 307 g/mol. The summed E-state index contributed by atoms with van der Waals surface area (Å²) in [5, 5.41) is 3.79. The van der Waals surface area contributed by atoms with E-state index >= 15 is 0 Å². The highest BCUT2D eigenvalue weighted by Crippen LogP contribution is 2.15. The molecule has 0 aliphatic heterocycles. The number of nitrogens with one attached hydrogen (secondary N) is 1. The van der Waals surface area contributed by atoms with Gasteiger partial charge in [0.2, 0.25) is 11.8 Å². The van der Waals surface area contributed by atoms with E-state index in [-0.39, 0.29) is 24.7 Å². The third-order valence-corrected chi connectivity index (χ3v) is 3.63. The summed E-state index contributed by atoms with van der Waals surface area (Å²) in [6.45, 7) is 0.375. The van der Waals surface area contributed by atoms with E-state index < -0.39 is 0 Å². The van der Waals surface area contributed by atoms with Gasteiger partial charge in [0, 0.05) is 30.6 Å². The average Bonchev–Trinajstić information content (AvgIpc) is 3.03. The third kappa shape index (κ3) is 3.63. The zero-order valence-corrected chi connectivity index (χ0v) is 12.6. The number of rotatable bonds is 5. The van der Waals surface area contributed by atoms with Crippen molar-refractivity contribution < 1.29 is 9.59 Å². The largest absolute Gasteiger partial charge is 0.350 e. The first kappa shape index (κ1) is 15.0. The highest BCUT2D eigenvalue weighted by molar-refractivity contribution is 5.93. The number of carbonyl (C=O) groups excluding carboxylic acids is 2. The second kappa shape index (κ2) is 6.87. The van der Waals surface area contributed by atoms with Crippen LogP contribution in [0.25, 0.3) is 10.9 Å². The maximum absolute atomic E-state index is 12.3. The molecule has 0 atom stereocenters. The van der Waals surface area contributed by atoms with Crippen LogP contribution in [0.4, 0.5) is 0 Å². The first-order chi connectivity index (χ1) is 11.2. The highest BCUT2D eigenvalue weighted by atomic mass is 16.2. The molecule has 0 spiro atoms. The van der Waals surface area contributed by atoms with Gasteiger partial charge in [-0.3, -0.25) is 19.1 Å². The molecule has 1 aromatic carbocycles. The van der Waals surface area contributed by atoms with Crippen molar-refractivity contribution in [2.45, 2.75) is 19.4 Å². The second-order valence-corrected chi connectivity index (χ2v) is 5.24. The summed E-state index contributed by atoms with van der Waals surface area (Å²) in [6.07, 6.45) is 3.77. The quantitative estimate of drug-likeness (QED) is 0.788. The molecule has 23 heavy (non-hydrogen) atoms. The predicted molar refractivity (Wildman–Crippen MR) is 87.9 cm³/mol. The van der Waals surface area contributed by atoms with E-state index in [1.54, 1.807) is 17.0 Å². The minimum atomic E-state index is -0.152. The molecule has 0 saturated carbocycles. The van der Waals surface area contributed by atoms with Crippen LogP contribution < -0.4 is 5.32 Å². The van der Waals surface area contributed by atoms with Crippen LogP contribution in [0.15, 0.2) is 60.9 Å². The summed E-state index contributed by atoms with van der Waals surface area (Å²) in [6, 6.07) is 15.1. The summed E-state index contributed by atoms with van der Waals surface area (Å²) < 4.78 is 1.60. The maximum atomic E-state index is 12.3. The smallest absolute Gasteiger partial charge is 0.231 e. The molecule has 2 aromatic heterocycles. The molecule has 0 aliphatic rings. The van der Waals surface area contributed by atoms with E-state index in [1.807, 2.05) is 48.5 Å². The van der Waals surface area contributed by atoms with Crippen LogP contribution in [-0.2, 0) is 11.3 Å². The molecule has 116 valence electrons. The fraction of sp³-hybridized carbons (Fsp3) is 0.167. The summed E-state index contributed by atoms with van der Waals surface area (Å²) in [5.41, 5.74) is 1.66. The lowest BCUT2D eigenvalue weighted by Crippen LogP contribution is -2.24. The molecule has 3 aromatic rings. The molecule has 0 fully saturated rings. The minimum absolute atomic E-state index is 0.0841. The van der Waals surface area contributed by atoms with Gasteiger partial charge < -0.3 is 5.32 Å². The molecule has 0 aliphatic carbocycles. The Hall–Kier alpha value is -2.95. The predicted octanol–water partition coefficient (Wildman–Crippen LogP) is 2.77. The van der Waals surface area contributed by atoms with E-state index in [4.69, 9.17) is 0 Å². The molecular formula is C18H17N3O2. The Kier molecular flexibility index (Phi) is 4.47. The van der Waals surface area contributed by atoms with Crippen molar-refractivity contribution in [3.63, 3.8) is 0 Å². The van der Waals surface area contributed by atoms with Crippen molar-refractivity contribution in [3.05, 3.63) is 66.6 Å². The zero-order chi connectivity index (χ0) is 16.1. The van der Waals surface area contributed by atoms with Crippen molar-refractivity contribution >= 4 is 22.7 Å². The zero-order valence-electron chi connectivity index (χ0n) is 12.6. The van der Waals surface area contributed by atoms with Crippen LogP contribution in [0.5, 0.6) is 0 Å². The molecule has 0 saturated heterocycles. The molecule has 0 radical (unpaired) electrons. The SMILES string of the molecule is O=C(CCC(=O)n1ccc2ccccc21)NCc1ccccn1. The maximum Gasteiger partial charge on any atom is 0.231 e. The third-order valence-electron chi connectivity index (χ3n) is 3.63. The van der Waals surface area contributed by atoms with Gasteiger partial charge in [0.05, 0.1) is 17.8 Å². The van der Waals surface area contributed by atoms with E-state index in [0.29, 0.717) is 6.54 Å². The summed E-state index contributed by atoms with van der Waals surface area (Å²) in [4.78, 5) is 28.3. The molecule has 5 nitrogen and oxygen atoms in total. The van der Waals surface area contributed by atoms with Gasteiger partial charge in [-0.1, -0.05) is 24.3 Å². The Labute approximate surface area is 134 Å². The van der Waals surface area contributed by atoms with Crippen molar-refractivity contribution in [1.82, 2.24) is 14.9 Å². The lowest BCUT2D eigenvalue weighted by Gasteiger charge is -2.06. The lowest BCUT2D eigenvalue weighted by atomic mass is 10.2. The monoisotopic (exact) mass is 307 g/mol. The fourth-order valence-electron chi connectivity index (χ4n) is 2.42. The standard InChI is InChI=1S/C18H17N3O2/c22-17(20-13-15-6-3-4-11-19-15)8-9-18(23)21-12-10-14-5-1-2-7-16(14)21/h1-7,10-12H,8-9,13H2,(H,20,22). The summed E-state index contributed by atoms with van der Waals surface area (Å²) in [7, 11) is 0.